The van der Waals surface area contributed by atoms with Crippen molar-refractivity contribution >= 4 is 27.5 Å². The summed E-state index contributed by atoms with van der Waals surface area (Å²) in [6.07, 6.45) is 12.4. The fourth-order valence-electron chi connectivity index (χ4n) is 6.56. The molecule has 39 heavy (non-hydrogen) atoms. The Labute approximate surface area is 235 Å². The van der Waals surface area contributed by atoms with Crippen LogP contribution in [-0.4, -0.2) is 85.9 Å². The minimum atomic E-state index is -3.14. The second-order valence-electron chi connectivity index (χ2n) is 11.8. The maximum atomic E-state index is 13.1. The highest BCUT2D eigenvalue weighted by molar-refractivity contribution is 7.88. The topological polar surface area (TPSA) is 81.2 Å². The van der Waals surface area contributed by atoms with Gasteiger partial charge < -0.3 is 9.80 Å². The largest absolute Gasteiger partial charge is 0.343 e. The second-order valence-corrected chi connectivity index (χ2v) is 13.8. The lowest BCUT2D eigenvalue weighted by Gasteiger charge is -2.40. The van der Waals surface area contributed by atoms with Gasteiger partial charge in [0.2, 0.25) is 21.8 Å². The summed E-state index contributed by atoms with van der Waals surface area (Å²) in [6, 6.07) is 8.81. The number of amides is 2. The molecule has 2 saturated heterocycles. The molecule has 0 aromatic heterocycles. The van der Waals surface area contributed by atoms with Gasteiger partial charge in [-0.15, -0.1) is 0 Å². The molecule has 0 saturated carbocycles. The molecule has 0 spiro atoms. The number of benzene rings is 1. The Balaban J connectivity index is 1.36. The van der Waals surface area contributed by atoms with Gasteiger partial charge in [-0.3, -0.25) is 14.5 Å². The molecule has 3 heterocycles. The van der Waals surface area contributed by atoms with E-state index in [0.717, 1.165) is 70.5 Å². The molecule has 0 aliphatic carbocycles. The Morgan fingerprint density at radius 3 is 2.08 bits per heavy atom. The summed E-state index contributed by atoms with van der Waals surface area (Å²) in [4.78, 5) is 32.3. The van der Waals surface area contributed by atoms with E-state index in [1.807, 2.05) is 15.9 Å². The first-order valence-corrected chi connectivity index (χ1v) is 16.9. The molecular formula is C30H48N4O4S. The van der Waals surface area contributed by atoms with Crippen LogP contribution in [0, 0.1) is 5.92 Å². The fourth-order valence-corrected chi connectivity index (χ4v) is 7.43. The molecule has 3 aliphatic heterocycles. The number of rotatable bonds is 4. The van der Waals surface area contributed by atoms with E-state index < -0.39 is 10.0 Å². The molecule has 0 N–H and O–H groups in total. The number of piperidine rings is 2. The number of nitrogens with zero attached hydrogens (tertiary/aromatic N) is 4. The minimum absolute atomic E-state index is 0.109. The van der Waals surface area contributed by atoms with Gasteiger partial charge in [0.1, 0.15) is 0 Å². The zero-order valence-corrected chi connectivity index (χ0v) is 24.8. The summed E-state index contributed by atoms with van der Waals surface area (Å²) in [5.41, 5.74) is 2.26. The molecule has 218 valence electrons. The zero-order valence-electron chi connectivity index (χ0n) is 24.0. The molecule has 3 aliphatic rings. The third-order valence-electron chi connectivity index (χ3n) is 8.95. The average molecular weight is 561 g/mol. The van der Waals surface area contributed by atoms with E-state index in [9.17, 15) is 18.0 Å². The number of hydrogen-bond donors (Lipinski definition) is 0. The summed E-state index contributed by atoms with van der Waals surface area (Å²) in [5.74, 6) is 0.601. The Bertz CT molecular complexity index is 1060. The van der Waals surface area contributed by atoms with E-state index in [2.05, 4.69) is 23.1 Å². The molecule has 8 nitrogen and oxygen atoms in total. The number of hydrogen-bond acceptors (Lipinski definition) is 5. The van der Waals surface area contributed by atoms with Crippen molar-refractivity contribution in [1.82, 2.24) is 14.1 Å². The van der Waals surface area contributed by atoms with Crippen LogP contribution in [-0.2, 0) is 26.2 Å². The van der Waals surface area contributed by atoms with Gasteiger partial charge in [-0.1, -0.05) is 43.9 Å². The normalized spacial score (nSPS) is 22.4. The van der Waals surface area contributed by atoms with Crippen LogP contribution < -0.4 is 4.90 Å². The third-order valence-corrected chi connectivity index (χ3v) is 10.3. The van der Waals surface area contributed by atoms with Crippen LogP contribution in [0.3, 0.4) is 0 Å². The Morgan fingerprint density at radius 2 is 1.44 bits per heavy atom. The maximum absolute atomic E-state index is 13.1. The zero-order chi connectivity index (χ0) is 27.8. The van der Waals surface area contributed by atoms with Crippen molar-refractivity contribution in [2.75, 3.05) is 50.4 Å². The van der Waals surface area contributed by atoms with Crippen LogP contribution in [0.15, 0.2) is 24.3 Å². The van der Waals surface area contributed by atoms with Crippen molar-refractivity contribution in [3.8, 4) is 0 Å². The number of sulfonamides is 1. The van der Waals surface area contributed by atoms with Crippen LogP contribution in [0.1, 0.15) is 83.1 Å². The number of anilines is 1. The smallest absolute Gasteiger partial charge is 0.223 e. The highest BCUT2D eigenvalue weighted by Crippen LogP contribution is 2.28. The first-order chi connectivity index (χ1) is 18.7. The van der Waals surface area contributed by atoms with E-state index >= 15 is 0 Å². The van der Waals surface area contributed by atoms with E-state index in [1.165, 1.54) is 48.2 Å². The van der Waals surface area contributed by atoms with Crippen molar-refractivity contribution in [3.05, 3.63) is 29.8 Å². The minimum Gasteiger partial charge on any atom is -0.343 e. The van der Waals surface area contributed by atoms with Gasteiger partial charge in [0.15, 0.2) is 0 Å². The quantitative estimate of drug-likeness (QED) is 0.550. The lowest BCUT2D eigenvalue weighted by molar-refractivity contribution is -0.134. The predicted molar refractivity (Wildman–Crippen MR) is 156 cm³/mol. The average Bonchev–Trinajstić information content (AvgIpc) is 2.93. The van der Waals surface area contributed by atoms with Crippen LogP contribution in [0.25, 0.3) is 0 Å². The van der Waals surface area contributed by atoms with Gasteiger partial charge in [-0.25, -0.2) is 12.7 Å². The predicted octanol–water partition coefficient (Wildman–Crippen LogP) is 4.25. The molecule has 0 radical (unpaired) electrons. The lowest BCUT2D eigenvalue weighted by atomic mass is 9.93. The number of carbonyl (C=O) groups excluding carboxylic acids is 2. The van der Waals surface area contributed by atoms with Gasteiger partial charge in [-0.05, 0) is 62.6 Å². The Morgan fingerprint density at radius 1 is 0.821 bits per heavy atom. The van der Waals surface area contributed by atoms with Gasteiger partial charge in [0, 0.05) is 64.3 Å². The SMILES string of the molecule is CC(=O)N1CCCCCCCCN(C2CCN(C(=O)CC3CCN(S(C)(=O)=O)CC3)CC2)Cc2ccccc21. The van der Waals surface area contributed by atoms with E-state index in [4.69, 9.17) is 0 Å². The van der Waals surface area contributed by atoms with Crippen LogP contribution in [0.5, 0.6) is 0 Å². The highest BCUT2D eigenvalue weighted by atomic mass is 32.2. The second kappa shape index (κ2) is 14.1. The number of fused-ring (bicyclic) bond motifs is 1. The van der Waals surface area contributed by atoms with Gasteiger partial charge >= 0.3 is 0 Å². The molecular weight excluding hydrogens is 512 g/mol. The molecule has 2 amide bonds. The molecule has 9 heteroatoms. The van der Waals surface area contributed by atoms with Crippen molar-refractivity contribution in [3.63, 3.8) is 0 Å². The first kappa shape index (κ1) is 30.0. The summed E-state index contributed by atoms with van der Waals surface area (Å²) < 4.78 is 25.1. The molecule has 0 atom stereocenters. The number of para-hydroxylation sites is 1. The van der Waals surface area contributed by atoms with Crippen LogP contribution >= 0.6 is 0 Å². The van der Waals surface area contributed by atoms with Crippen molar-refractivity contribution < 1.29 is 18.0 Å². The number of carbonyl (C=O) groups is 2. The Kier molecular flexibility index (Phi) is 10.8. The lowest BCUT2D eigenvalue weighted by Crippen LogP contribution is -2.47. The molecule has 4 rings (SSSR count). The molecule has 2 fully saturated rings. The molecule has 1 aromatic rings. The van der Waals surface area contributed by atoms with Gasteiger partial charge in [0.25, 0.3) is 0 Å². The Hall–Kier alpha value is -1.97. The van der Waals surface area contributed by atoms with Crippen molar-refractivity contribution in [2.45, 2.75) is 90.1 Å². The van der Waals surface area contributed by atoms with E-state index in [-0.39, 0.29) is 17.7 Å². The summed E-state index contributed by atoms with van der Waals surface area (Å²) in [5, 5.41) is 0. The first-order valence-electron chi connectivity index (χ1n) is 15.1. The monoisotopic (exact) mass is 560 g/mol. The fraction of sp³-hybridized carbons (Fsp3) is 0.733. The maximum Gasteiger partial charge on any atom is 0.223 e. The summed E-state index contributed by atoms with van der Waals surface area (Å²) in [7, 11) is -3.14. The molecule has 0 bridgehead atoms. The van der Waals surface area contributed by atoms with E-state index in [0.29, 0.717) is 25.6 Å². The highest BCUT2D eigenvalue weighted by Gasteiger charge is 2.31. The van der Waals surface area contributed by atoms with Crippen LogP contribution in [0.4, 0.5) is 5.69 Å². The van der Waals surface area contributed by atoms with Crippen molar-refractivity contribution in [2.24, 2.45) is 5.92 Å². The standard InChI is InChI=1S/C30H48N4O4S/c1-25(35)34-18-10-6-4-3-5-9-17-32(24-27-11-7-8-12-29(27)34)28-15-19-31(20-16-28)30(36)23-26-13-21-33(22-14-26)39(2,37)38/h7-8,11-12,26,28H,3-6,9-10,13-24H2,1-2H3. The van der Waals surface area contributed by atoms with Crippen LogP contribution in [0.2, 0.25) is 0 Å². The van der Waals surface area contributed by atoms with Gasteiger partial charge in [-0.2, -0.15) is 0 Å². The summed E-state index contributed by atoms with van der Waals surface area (Å²) in [6.45, 7) is 6.94. The van der Waals surface area contributed by atoms with Gasteiger partial charge in [0.05, 0.1) is 6.26 Å². The van der Waals surface area contributed by atoms with E-state index in [1.54, 1.807) is 6.92 Å². The number of likely N-dealkylation sites (tertiary alicyclic amines) is 1. The third kappa shape index (κ3) is 8.51. The summed E-state index contributed by atoms with van der Waals surface area (Å²) >= 11 is 0. The molecule has 0 unspecified atom stereocenters. The molecule has 1 aromatic carbocycles. The van der Waals surface area contributed by atoms with Crippen molar-refractivity contribution in [1.29, 1.82) is 0 Å².